The third kappa shape index (κ3) is 6.02. The molecule has 0 aliphatic heterocycles. The Labute approximate surface area is 172 Å². The van der Waals surface area contributed by atoms with E-state index in [1.807, 2.05) is 26.1 Å². The van der Waals surface area contributed by atoms with E-state index in [4.69, 9.17) is 28.0 Å². The van der Waals surface area contributed by atoms with Crippen LogP contribution < -0.4 is 5.32 Å². The molecule has 0 saturated heterocycles. The van der Waals surface area contributed by atoms with Crippen LogP contribution in [-0.4, -0.2) is 12.8 Å². The van der Waals surface area contributed by atoms with Gasteiger partial charge < -0.3 is 10.2 Å². The van der Waals surface area contributed by atoms with Gasteiger partial charge in [-0.2, -0.15) is 0 Å². The van der Waals surface area contributed by atoms with E-state index in [0.29, 0.717) is 16.7 Å². The quantitative estimate of drug-likeness (QED) is 0.396. The summed E-state index contributed by atoms with van der Waals surface area (Å²) in [7, 11) is 1.94. The van der Waals surface area contributed by atoms with Crippen molar-refractivity contribution in [2.24, 2.45) is 5.16 Å². The summed E-state index contributed by atoms with van der Waals surface area (Å²) < 4.78 is 0. The van der Waals surface area contributed by atoms with Crippen molar-refractivity contribution >= 4 is 34.6 Å². The monoisotopic (exact) mass is 404 g/mol. The molecule has 27 heavy (non-hydrogen) atoms. The van der Waals surface area contributed by atoms with Crippen LogP contribution >= 0.6 is 23.2 Å². The van der Waals surface area contributed by atoms with Crippen LogP contribution in [0.3, 0.4) is 0 Å². The Morgan fingerprint density at radius 3 is 2.52 bits per heavy atom. The first-order valence-corrected chi connectivity index (χ1v) is 9.81. The maximum Gasteiger partial charge on any atom is 0.143 e. The van der Waals surface area contributed by atoms with E-state index in [2.05, 4.69) is 48.6 Å². The fraction of sp³-hybridized carbons (Fsp3) is 0.318. The maximum absolute atomic E-state index is 6.06. The average molecular weight is 405 g/mol. The first kappa shape index (κ1) is 21.3. The van der Waals surface area contributed by atoms with Gasteiger partial charge in [0.15, 0.2) is 0 Å². The molecule has 144 valence electrons. The van der Waals surface area contributed by atoms with Crippen molar-refractivity contribution in [3.8, 4) is 0 Å². The molecule has 1 N–H and O–H groups in total. The zero-order chi connectivity index (χ0) is 19.8. The first-order valence-electron chi connectivity index (χ1n) is 9.06. The second-order valence-electron chi connectivity index (χ2n) is 6.37. The van der Waals surface area contributed by atoms with E-state index in [-0.39, 0.29) is 0 Å². The molecule has 0 aliphatic carbocycles. The maximum atomic E-state index is 6.06. The topological polar surface area (TPSA) is 33.6 Å². The number of hydrogen-bond acceptors (Lipinski definition) is 3. The first-order chi connectivity index (χ1) is 13.0. The van der Waals surface area contributed by atoms with Gasteiger partial charge in [0.25, 0.3) is 0 Å². The molecule has 5 heteroatoms. The highest BCUT2D eigenvalue weighted by Gasteiger charge is 2.10. The molecule has 2 aromatic carbocycles. The van der Waals surface area contributed by atoms with Gasteiger partial charge in [-0.3, -0.25) is 0 Å². The van der Waals surface area contributed by atoms with E-state index in [9.17, 15) is 0 Å². The number of oxime groups is 1. The molecule has 0 saturated carbocycles. The number of aryl methyl sites for hydroxylation is 1. The van der Waals surface area contributed by atoms with Gasteiger partial charge in [0.2, 0.25) is 0 Å². The summed E-state index contributed by atoms with van der Waals surface area (Å²) in [5, 5.41) is 8.71. The molecule has 0 heterocycles. The molecule has 2 aromatic rings. The second kappa shape index (κ2) is 10.4. The van der Waals surface area contributed by atoms with Crippen molar-refractivity contribution < 1.29 is 4.84 Å². The molecule has 0 radical (unpaired) electrons. The standard InChI is InChI=1S/C22H26Cl2N2O/c1-5-6-10-22(25-4)20-9-7-8-15(2)21(20)14-27-26-16(3)17-11-18(23)13-19(24)12-17/h7-13,25H,5-6,14H2,1-4H3/b22-10-,26-16+. The SMILES string of the molecule is CCC/C=C(\NC)c1cccc(C)c1CO/N=C(\C)c1cc(Cl)cc(Cl)c1. The van der Waals surface area contributed by atoms with E-state index in [1.54, 1.807) is 6.07 Å². The molecular formula is C22H26Cl2N2O. The predicted molar refractivity (Wildman–Crippen MR) is 117 cm³/mol. The Kier molecular flexibility index (Phi) is 8.21. The lowest BCUT2D eigenvalue weighted by molar-refractivity contribution is 0.130. The Morgan fingerprint density at radius 1 is 1.19 bits per heavy atom. The minimum Gasteiger partial charge on any atom is -0.391 e. The zero-order valence-corrected chi connectivity index (χ0v) is 17.8. The summed E-state index contributed by atoms with van der Waals surface area (Å²) in [5.74, 6) is 0. The fourth-order valence-electron chi connectivity index (χ4n) is 2.79. The third-order valence-electron chi connectivity index (χ3n) is 4.30. The molecule has 0 spiro atoms. The highest BCUT2D eigenvalue weighted by Crippen LogP contribution is 2.23. The number of benzene rings is 2. The molecule has 0 atom stereocenters. The summed E-state index contributed by atoms with van der Waals surface area (Å²) in [5.41, 5.74) is 6.12. The van der Waals surface area contributed by atoms with Gasteiger partial charge in [-0.15, -0.1) is 0 Å². The molecule has 0 bridgehead atoms. The molecule has 0 aliphatic rings. The normalized spacial score (nSPS) is 12.2. The van der Waals surface area contributed by atoms with E-state index >= 15 is 0 Å². The minimum atomic E-state index is 0.388. The van der Waals surface area contributed by atoms with Crippen LogP contribution in [0.4, 0.5) is 0 Å². The van der Waals surface area contributed by atoms with Crippen LogP contribution in [0, 0.1) is 6.92 Å². The average Bonchev–Trinajstić information content (AvgIpc) is 2.63. The number of halogens is 2. The summed E-state index contributed by atoms with van der Waals surface area (Å²) in [6.45, 7) is 6.52. The Balaban J connectivity index is 2.22. The number of nitrogens with one attached hydrogen (secondary N) is 1. The van der Waals surface area contributed by atoms with Crippen molar-refractivity contribution in [1.82, 2.24) is 5.32 Å². The van der Waals surface area contributed by atoms with Crippen LogP contribution in [0.2, 0.25) is 10.0 Å². The molecule has 0 amide bonds. The van der Waals surface area contributed by atoms with Crippen LogP contribution in [-0.2, 0) is 11.4 Å². The Hall–Kier alpha value is -1.97. The number of hydrogen-bond donors (Lipinski definition) is 1. The lowest BCUT2D eigenvalue weighted by atomic mass is 9.99. The summed E-state index contributed by atoms with van der Waals surface area (Å²) in [6, 6.07) is 11.6. The third-order valence-corrected chi connectivity index (χ3v) is 4.73. The van der Waals surface area contributed by atoms with Crippen molar-refractivity contribution in [3.05, 3.63) is 74.8 Å². The smallest absolute Gasteiger partial charge is 0.143 e. The second-order valence-corrected chi connectivity index (χ2v) is 7.24. The number of nitrogens with zero attached hydrogens (tertiary/aromatic N) is 1. The fourth-order valence-corrected chi connectivity index (χ4v) is 3.32. The van der Waals surface area contributed by atoms with E-state index in [1.165, 1.54) is 5.56 Å². The van der Waals surface area contributed by atoms with Crippen LogP contribution in [0.25, 0.3) is 5.70 Å². The number of rotatable bonds is 8. The summed E-state index contributed by atoms with van der Waals surface area (Å²) >= 11 is 12.1. The predicted octanol–water partition coefficient (Wildman–Crippen LogP) is 6.60. The largest absolute Gasteiger partial charge is 0.391 e. The van der Waals surface area contributed by atoms with Gasteiger partial charge in [0, 0.05) is 39.5 Å². The molecule has 0 fully saturated rings. The van der Waals surface area contributed by atoms with Crippen molar-refractivity contribution in [3.63, 3.8) is 0 Å². The lowest BCUT2D eigenvalue weighted by Crippen LogP contribution is -2.09. The van der Waals surface area contributed by atoms with Crippen molar-refractivity contribution in [1.29, 1.82) is 0 Å². The van der Waals surface area contributed by atoms with Gasteiger partial charge in [0.05, 0.1) is 5.71 Å². The molecular weight excluding hydrogens is 379 g/mol. The van der Waals surface area contributed by atoms with Crippen molar-refractivity contribution in [2.75, 3.05) is 7.05 Å². The van der Waals surface area contributed by atoms with Crippen LogP contribution in [0.15, 0.2) is 47.6 Å². The van der Waals surface area contributed by atoms with Gasteiger partial charge >= 0.3 is 0 Å². The number of unbranched alkanes of at least 4 members (excludes halogenated alkanes) is 1. The molecule has 0 unspecified atom stereocenters. The van der Waals surface area contributed by atoms with Crippen molar-refractivity contribution in [2.45, 2.75) is 40.2 Å². The Bertz CT molecular complexity index is 824. The molecule has 3 nitrogen and oxygen atoms in total. The number of allylic oxidation sites excluding steroid dienone is 1. The van der Waals surface area contributed by atoms with E-state index in [0.717, 1.165) is 40.9 Å². The highest BCUT2D eigenvalue weighted by molar-refractivity contribution is 6.35. The van der Waals surface area contributed by atoms with Crippen LogP contribution in [0.1, 0.15) is 48.9 Å². The van der Waals surface area contributed by atoms with Gasteiger partial charge in [-0.1, -0.05) is 66.0 Å². The summed E-state index contributed by atoms with van der Waals surface area (Å²) in [6.07, 6.45) is 4.35. The lowest BCUT2D eigenvalue weighted by Gasteiger charge is -2.15. The molecule has 2 rings (SSSR count). The van der Waals surface area contributed by atoms with Gasteiger partial charge in [-0.05, 0) is 44.0 Å². The minimum absolute atomic E-state index is 0.388. The van der Waals surface area contributed by atoms with Crippen LogP contribution in [0.5, 0.6) is 0 Å². The van der Waals surface area contributed by atoms with Gasteiger partial charge in [0.1, 0.15) is 6.61 Å². The van der Waals surface area contributed by atoms with E-state index < -0.39 is 0 Å². The highest BCUT2D eigenvalue weighted by atomic mass is 35.5. The summed E-state index contributed by atoms with van der Waals surface area (Å²) in [4.78, 5) is 5.68. The van der Waals surface area contributed by atoms with Gasteiger partial charge in [-0.25, -0.2) is 0 Å². The molecule has 0 aromatic heterocycles. The Morgan fingerprint density at radius 2 is 1.89 bits per heavy atom. The zero-order valence-electron chi connectivity index (χ0n) is 16.3.